The Morgan fingerprint density at radius 1 is 0.659 bits per heavy atom. The third-order valence-corrected chi connectivity index (χ3v) is 6.42. The Labute approximate surface area is 248 Å². The molecule has 1 atom stereocenters. The lowest BCUT2D eigenvalue weighted by molar-refractivity contribution is -0.143. The van der Waals surface area contributed by atoms with Crippen LogP contribution < -0.4 is 20.5 Å². The summed E-state index contributed by atoms with van der Waals surface area (Å²) in [7, 11) is 0. The van der Waals surface area contributed by atoms with Gasteiger partial charge in [0.1, 0.15) is 19.3 Å². The highest BCUT2D eigenvalue weighted by Gasteiger charge is 2.37. The summed E-state index contributed by atoms with van der Waals surface area (Å²) in [5, 5.41) is 2.16. The van der Waals surface area contributed by atoms with Gasteiger partial charge in [-0.05, 0) is 47.0 Å². The number of primary amides is 1. The SMILES string of the molecule is NC(=O)[C@H](Cc1ccc(OCc2ccccc2)c(OCc2ccccc2)c1)NC(=O)c1cc(C(F)(F)F)cc(C(F)(F)F)c1. The van der Waals surface area contributed by atoms with E-state index in [0.717, 1.165) is 11.1 Å². The quantitative estimate of drug-likeness (QED) is 0.183. The lowest BCUT2D eigenvalue weighted by Crippen LogP contribution is -2.46. The number of alkyl halides is 6. The molecule has 4 aromatic carbocycles. The van der Waals surface area contributed by atoms with E-state index in [4.69, 9.17) is 15.2 Å². The molecule has 230 valence electrons. The van der Waals surface area contributed by atoms with Crippen LogP contribution in [-0.4, -0.2) is 17.9 Å². The second kappa shape index (κ2) is 13.5. The smallest absolute Gasteiger partial charge is 0.416 e. The van der Waals surface area contributed by atoms with Crippen molar-refractivity contribution in [2.24, 2.45) is 5.73 Å². The van der Waals surface area contributed by atoms with Crippen LogP contribution in [0.15, 0.2) is 97.1 Å². The monoisotopic (exact) mass is 616 g/mol. The van der Waals surface area contributed by atoms with Crippen LogP contribution in [0, 0.1) is 0 Å². The molecule has 0 bridgehead atoms. The molecule has 44 heavy (non-hydrogen) atoms. The van der Waals surface area contributed by atoms with E-state index >= 15 is 0 Å². The molecule has 2 amide bonds. The third-order valence-electron chi connectivity index (χ3n) is 6.42. The van der Waals surface area contributed by atoms with E-state index in [9.17, 15) is 35.9 Å². The minimum Gasteiger partial charge on any atom is -0.485 e. The van der Waals surface area contributed by atoms with Gasteiger partial charge in [0.15, 0.2) is 11.5 Å². The number of rotatable bonds is 11. The number of hydrogen-bond acceptors (Lipinski definition) is 4. The van der Waals surface area contributed by atoms with Gasteiger partial charge in [0.05, 0.1) is 11.1 Å². The van der Waals surface area contributed by atoms with Gasteiger partial charge in [-0.1, -0.05) is 66.7 Å². The molecular weight excluding hydrogens is 590 g/mol. The highest BCUT2D eigenvalue weighted by atomic mass is 19.4. The van der Waals surface area contributed by atoms with Gasteiger partial charge in [-0.2, -0.15) is 26.3 Å². The summed E-state index contributed by atoms with van der Waals surface area (Å²) in [6, 6.07) is 22.2. The van der Waals surface area contributed by atoms with Crippen LogP contribution in [0.2, 0.25) is 0 Å². The number of halogens is 6. The van der Waals surface area contributed by atoms with Crippen molar-refractivity contribution in [2.75, 3.05) is 0 Å². The largest absolute Gasteiger partial charge is 0.485 e. The maximum absolute atomic E-state index is 13.3. The molecule has 0 saturated carbocycles. The van der Waals surface area contributed by atoms with Gasteiger partial charge in [-0.15, -0.1) is 0 Å². The van der Waals surface area contributed by atoms with Gasteiger partial charge >= 0.3 is 12.4 Å². The predicted octanol–water partition coefficient (Wildman–Crippen LogP) is 6.71. The second-order valence-corrected chi connectivity index (χ2v) is 9.76. The van der Waals surface area contributed by atoms with E-state index in [1.807, 2.05) is 60.7 Å². The number of amides is 2. The molecule has 0 aliphatic heterocycles. The molecule has 4 rings (SSSR count). The molecule has 0 radical (unpaired) electrons. The third kappa shape index (κ3) is 8.76. The van der Waals surface area contributed by atoms with Crippen molar-refractivity contribution in [3.05, 3.63) is 130 Å². The summed E-state index contributed by atoms with van der Waals surface area (Å²) in [5.74, 6) is -1.73. The zero-order chi connectivity index (χ0) is 31.9. The van der Waals surface area contributed by atoms with Crippen LogP contribution in [0.1, 0.15) is 38.2 Å². The van der Waals surface area contributed by atoms with Crippen LogP contribution >= 0.6 is 0 Å². The van der Waals surface area contributed by atoms with Gasteiger partial charge in [0, 0.05) is 12.0 Å². The number of nitrogens with two attached hydrogens (primary N) is 1. The van der Waals surface area contributed by atoms with Crippen molar-refractivity contribution >= 4 is 11.8 Å². The van der Waals surface area contributed by atoms with Gasteiger partial charge in [-0.25, -0.2) is 0 Å². The average Bonchev–Trinajstić information content (AvgIpc) is 2.99. The molecule has 0 fully saturated rings. The molecule has 0 aromatic heterocycles. The van der Waals surface area contributed by atoms with Crippen molar-refractivity contribution in [2.45, 2.75) is 38.0 Å². The molecule has 0 saturated heterocycles. The first-order valence-corrected chi connectivity index (χ1v) is 13.2. The van der Waals surface area contributed by atoms with E-state index in [1.54, 1.807) is 18.2 Å². The van der Waals surface area contributed by atoms with Crippen LogP contribution in [0.25, 0.3) is 0 Å². The molecule has 0 unspecified atom stereocenters. The highest BCUT2D eigenvalue weighted by Crippen LogP contribution is 2.36. The maximum atomic E-state index is 13.3. The van der Waals surface area contributed by atoms with Crippen molar-refractivity contribution < 1.29 is 45.4 Å². The summed E-state index contributed by atoms with van der Waals surface area (Å²) in [6.45, 7) is 0.387. The molecule has 0 spiro atoms. The van der Waals surface area contributed by atoms with Crippen molar-refractivity contribution in [3.8, 4) is 11.5 Å². The Morgan fingerprint density at radius 3 is 1.64 bits per heavy atom. The van der Waals surface area contributed by atoms with E-state index in [0.29, 0.717) is 17.1 Å². The first-order chi connectivity index (χ1) is 20.8. The van der Waals surface area contributed by atoms with E-state index < -0.39 is 46.9 Å². The minimum atomic E-state index is -5.15. The van der Waals surface area contributed by atoms with E-state index in [2.05, 4.69) is 5.32 Å². The van der Waals surface area contributed by atoms with Crippen molar-refractivity contribution in [1.29, 1.82) is 0 Å². The average molecular weight is 617 g/mol. The number of nitrogens with one attached hydrogen (secondary N) is 1. The topological polar surface area (TPSA) is 90.7 Å². The molecule has 0 heterocycles. The van der Waals surface area contributed by atoms with Crippen LogP contribution in [-0.2, 0) is 36.8 Å². The van der Waals surface area contributed by atoms with Crippen molar-refractivity contribution in [1.82, 2.24) is 5.32 Å². The van der Waals surface area contributed by atoms with E-state index in [1.165, 1.54) is 0 Å². The number of benzene rings is 4. The molecular formula is C32H26F6N2O4. The predicted molar refractivity (Wildman–Crippen MR) is 149 cm³/mol. The van der Waals surface area contributed by atoms with Crippen molar-refractivity contribution in [3.63, 3.8) is 0 Å². The Bertz CT molecular complexity index is 1560. The van der Waals surface area contributed by atoms with Gasteiger partial charge in [0.2, 0.25) is 5.91 Å². The summed E-state index contributed by atoms with van der Waals surface area (Å²) in [5.41, 5.74) is 3.35. The number of carbonyl (C=O) groups excluding carboxylic acids is 2. The molecule has 12 heteroatoms. The van der Waals surface area contributed by atoms with Gasteiger partial charge in [0.25, 0.3) is 5.91 Å². The second-order valence-electron chi connectivity index (χ2n) is 9.76. The summed E-state index contributed by atoms with van der Waals surface area (Å²) >= 11 is 0. The molecule has 0 aliphatic carbocycles. The lowest BCUT2D eigenvalue weighted by Gasteiger charge is -2.19. The van der Waals surface area contributed by atoms with Gasteiger partial charge < -0.3 is 20.5 Å². The normalized spacial score (nSPS) is 12.3. The van der Waals surface area contributed by atoms with Gasteiger partial charge in [-0.3, -0.25) is 9.59 Å². The Balaban J connectivity index is 1.57. The Kier molecular flexibility index (Phi) is 9.82. The molecule has 6 nitrogen and oxygen atoms in total. The zero-order valence-corrected chi connectivity index (χ0v) is 22.9. The lowest BCUT2D eigenvalue weighted by atomic mass is 10.0. The summed E-state index contributed by atoms with van der Waals surface area (Å²) < 4.78 is 91.6. The Hall–Kier alpha value is -5.00. The number of carbonyl (C=O) groups is 2. The fourth-order valence-electron chi connectivity index (χ4n) is 4.17. The molecule has 3 N–H and O–H groups in total. The zero-order valence-electron chi connectivity index (χ0n) is 22.9. The first-order valence-electron chi connectivity index (χ1n) is 13.2. The standard InChI is InChI=1S/C32H26F6N2O4/c33-31(34,35)24-15-23(16-25(17-24)32(36,37)38)30(42)40-26(29(39)41)13-22-11-12-27(43-18-20-7-3-1-4-8-20)28(14-22)44-19-21-9-5-2-6-10-21/h1-12,14-17,26H,13,18-19H2,(H2,39,41)(H,40,42)/t26-/m0/s1. The fraction of sp³-hybridized carbons (Fsp3) is 0.188. The maximum Gasteiger partial charge on any atom is 0.416 e. The molecule has 4 aromatic rings. The number of ether oxygens (including phenoxy) is 2. The van der Waals surface area contributed by atoms with Crippen LogP contribution in [0.4, 0.5) is 26.3 Å². The van der Waals surface area contributed by atoms with E-state index in [-0.39, 0.29) is 37.8 Å². The fourth-order valence-corrected chi connectivity index (χ4v) is 4.17. The van der Waals surface area contributed by atoms with Crippen LogP contribution in [0.3, 0.4) is 0 Å². The summed E-state index contributed by atoms with van der Waals surface area (Å²) in [6.07, 6.45) is -10.5. The number of hydrogen-bond donors (Lipinski definition) is 2. The minimum absolute atomic E-state index is 0.0965. The first kappa shape index (κ1) is 31.9. The van der Waals surface area contributed by atoms with Crippen LogP contribution in [0.5, 0.6) is 11.5 Å². The summed E-state index contributed by atoms with van der Waals surface area (Å²) in [4.78, 5) is 25.0. The Morgan fingerprint density at radius 2 is 1.16 bits per heavy atom. The molecule has 0 aliphatic rings. The highest BCUT2D eigenvalue weighted by molar-refractivity contribution is 5.97.